The van der Waals surface area contributed by atoms with Gasteiger partial charge in [-0.05, 0) is 82.0 Å². The average molecular weight is 559 g/mol. The number of rotatable bonds is 12. The van der Waals surface area contributed by atoms with Gasteiger partial charge in [-0.1, -0.05) is 24.3 Å². The molecule has 0 bridgehead atoms. The lowest BCUT2D eigenvalue weighted by atomic mass is 9.98. The van der Waals surface area contributed by atoms with Crippen LogP contribution in [-0.4, -0.2) is 47.0 Å². The molecule has 4 aromatic rings. The molecule has 0 fully saturated rings. The largest absolute Gasteiger partial charge is 0.493 e. The number of carbonyl (C=O) groups is 2. The fraction of sp³-hybridized carbons (Fsp3) is 0.375. The first kappa shape index (κ1) is 29.6. The minimum Gasteiger partial charge on any atom is -0.493 e. The van der Waals surface area contributed by atoms with Crippen molar-refractivity contribution in [2.75, 3.05) is 20.3 Å². The number of nitrogens with one attached hydrogen (secondary N) is 1. The number of nitrogens with zero attached hydrogens (tertiary/aromatic N) is 3. The number of amides is 1. The van der Waals surface area contributed by atoms with Crippen LogP contribution in [0, 0.1) is 20.8 Å². The van der Waals surface area contributed by atoms with Crippen molar-refractivity contribution < 1.29 is 23.8 Å². The first-order valence-corrected chi connectivity index (χ1v) is 13.9. The molecular weight excluding hydrogens is 520 g/mol. The van der Waals surface area contributed by atoms with E-state index in [1.807, 2.05) is 61.9 Å². The van der Waals surface area contributed by atoms with Crippen molar-refractivity contribution in [2.45, 2.75) is 59.9 Å². The third-order valence-corrected chi connectivity index (χ3v) is 7.08. The third-order valence-electron chi connectivity index (χ3n) is 7.08. The monoisotopic (exact) mass is 558 g/mol. The summed E-state index contributed by atoms with van der Waals surface area (Å²) in [6.45, 7) is 10.4. The summed E-state index contributed by atoms with van der Waals surface area (Å²) < 4.78 is 18.2. The molecule has 2 aromatic heterocycles. The van der Waals surface area contributed by atoms with Gasteiger partial charge in [0.25, 0.3) is 0 Å². The van der Waals surface area contributed by atoms with E-state index in [1.54, 1.807) is 26.2 Å². The number of esters is 1. The Kier molecular flexibility index (Phi) is 9.60. The van der Waals surface area contributed by atoms with Gasteiger partial charge in [-0.15, -0.1) is 0 Å². The molecule has 1 N–H and O–H groups in total. The van der Waals surface area contributed by atoms with E-state index in [-0.39, 0.29) is 25.4 Å². The molecule has 0 aliphatic heterocycles. The lowest BCUT2D eigenvalue weighted by Gasteiger charge is -2.20. The fourth-order valence-electron chi connectivity index (χ4n) is 5.14. The number of para-hydroxylation sites is 1. The Morgan fingerprint density at radius 3 is 2.41 bits per heavy atom. The normalized spacial score (nSPS) is 11.8. The van der Waals surface area contributed by atoms with E-state index in [2.05, 4.69) is 12.2 Å². The van der Waals surface area contributed by atoms with Gasteiger partial charge in [0.05, 0.1) is 44.2 Å². The zero-order chi connectivity index (χ0) is 29.5. The van der Waals surface area contributed by atoms with Crippen LogP contribution in [0.15, 0.2) is 48.5 Å². The van der Waals surface area contributed by atoms with Crippen LogP contribution in [0.3, 0.4) is 0 Å². The highest BCUT2D eigenvalue weighted by molar-refractivity contribution is 5.85. The molecule has 2 heterocycles. The van der Waals surface area contributed by atoms with Crippen molar-refractivity contribution in [3.8, 4) is 17.2 Å². The first-order chi connectivity index (χ1) is 19.8. The molecule has 0 aliphatic carbocycles. The number of fused-ring (bicyclic) bond motifs is 1. The Balaban J connectivity index is 1.56. The van der Waals surface area contributed by atoms with Gasteiger partial charge in [0.1, 0.15) is 0 Å². The van der Waals surface area contributed by atoms with E-state index < -0.39 is 12.0 Å². The zero-order valence-corrected chi connectivity index (χ0v) is 24.6. The Hall–Kier alpha value is -4.40. The number of aromatic nitrogens is 3. The van der Waals surface area contributed by atoms with Crippen molar-refractivity contribution in [3.05, 3.63) is 76.6 Å². The second-order valence-corrected chi connectivity index (χ2v) is 9.80. The van der Waals surface area contributed by atoms with Crippen molar-refractivity contribution in [2.24, 2.45) is 0 Å². The first-order valence-electron chi connectivity index (χ1n) is 13.9. The SMILES string of the molecule is CCOC(=O)C[C@@H](NC(=O)CCc1c(C)nc2c(c(C)nn2-c2ccccc2)c1C)c1ccc(OCC)c(OC)c1. The number of hydrogen-bond donors (Lipinski definition) is 1. The molecule has 2 aromatic carbocycles. The van der Waals surface area contributed by atoms with Crippen molar-refractivity contribution in [1.82, 2.24) is 20.1 Å². The Bertz CT molecular complexity index is 1530. The molecule has 0 radical (unpaired) electrons. The lowest BCUT2D eigenvalue weighted by Crippen LogP contribution is -2.31. The average Bonchev–Trinajstić information content (AvgIpc) is 3.29. The Morgan fingerprint density at radius 1 is 0.976 bits per heavy atom. The minimum atomic E-state index is -0.583. The number of ether oxygens (including phenoxy) is 3. The maximum atomic E-state index is 13.2. The summed E-state index contributed by atoms with van der Waals surface area (Å²) in [4.78, 5) is 30.6. The second kappa shape index (κ2) is 13.3. The van der Waals surface area contributed by atoms with E-state index in [9.17, 15) is 9.59 Å². The molecule has 41 heavy (non-hydrogen) atoms. The van der Waals surface area contributed by atoms with Crippen LogP contribution in [0.2, 0.25) is 0 Å². The summed E-state index contributed by atoms with van der Waals surface area (Å²) in [6.07, 6.45) is 0.732. The number of pyridine rings is 1. The summed E-state index contributed by atoms with van der Waals surface area (Å²) >= 11 is 0. The molecule has 0 unspecified atom stereocenters. The standard InChI is InChI=1S/C32H38N4O5/c1-7-40-27-16-14-23(18-28(27)39-6)26(19-30(38)41-8-2)34-29(37)17-15-25-20(3)31-22(5)35-36(32(31)33-21(25)4)24-12-10-9-11-13-24/h9-14,16,18,26H,7-8,15,17,19H2,1-6H3,(H,34,37)/t26-/m1/s1. The Morgan fingerprint density at radius 2 is 1.73 bits per heavy atom. The maximum absolute atomic E-state index is 13.2. The number of aryl methyl sites for hydroxylation is 3. The molecule has 4 rings (SSSR count). The summed E-state index contributed by atoms with van der Waals surface area (Å²) in [5.41, 5.74) is 6.31. The van der Waals surface area contributed by atoms with Gasteiger partial charge in [0, 0.05) is 17.5 Å². The summed E-state index contributed by atoms with van der Waals surface area (Å²) in [7, 11) is 1.56. The van der Waals surface area contributed by atoms with Crippen LogP contribution in [0.5, 0.6) is 11.5 Å². The molecule has 0 spiro atoms. The van der Waals surface area contributed by atoms with Gasteiger partial charge in [0.15, 0.2) is 17.1 Å². The number of benzene rings is 2. The highest BCUT2D eigenvalue weighted by atomic mass is 16.5. The minimum absolute atomic E-state index is 0.000150. The van der Waals surface area contributed by atoms with Gasteiger partial charge in [-0.2, -0.15) is 5.10 Å². The van der Waals surface area contributed by atoms with Crippen LogP contribution < -0.4 is 14.8 Å². The van der Waals surface area contributed by atoms with Gasteiger partial charge in [-0.25, -0.2) is 9.67 Å². The van der Waals surface area contributed by atoms with Crippen molar-refractivity contribution in [1.29, 1.82) is 0 Å². The number of methoxy groups -OCH3 is 1. The topological polar surface area (TPSA) is 105 Å². The number of carbonyl (C=O) groups excluding carboxylic acids is 2. The summed E-state index contributed by atoms with van der Waals surface area (Å²) in [6, 6.07) is 14.7. The fourth-order valence-corrected chi connectivity index (χ4v) is 5.14. The molecule has 9 heteroatoms. The van der Waals surface area contributed by atoms with Gasteiger partial charge in [-0.3, -0.25) is 9.59 Å². The molecule has 0 saturated heterocycles. The molecule has 1 atom stereocenters. The lowest BCUT2D eigenvalue weighted by molar-refractivity contribution is -0.143. The molecule has 0 aliphatic rings. The molecule has 0 saturated carbocycles. The highest BCUT2D eigenvalue weighted by Crippen LogP contribution is 2.32. The molecule has 216 valence electrons. The summed E-state index contributed by atoms with van der Waals surface area (Å²) in [5.74, 6) is 0.560. The predicted octanol–water partition coefficient (Wildman–Crippen LogP) is 5.50. The van der Waals surface area contributed by atoms with E-state index in [0.717, 1.165) is 44.8 Å². The Labute approximate surface area is 240 Å². The van der Waals surface area contributed by atoms with E-state index in [0.29, 0.717) is 24.5 Å². The molecule has 9 nitrogen and oxygen atoms in total. The van der Waals surface area contributed by atoms with Gasteiger partial charge >= 0.3 is 5.97 Å². The second-order valence-electron chi connectivity index (χ2n) is 9.80. The van der Waals surface area contributed by atoms with Gasteiger partial charge < -0.3 is 19.5 Å². The van der Waals surface area contributed by atoms with Crippen molar-refractivity contribution in [3.63, 3.8) is 0 Å². The maximum Gasteiger partial charge on any atom is 0.308 e. The zero-order valence-electron chi connectivity index (χ0n) is 24.6. The van der Waals surface area contributed by atoms with Crippen LogP contribution >= 0.6 is 0 Å². The molecular formula is C32H38N4O5. The highest BCUT2D eigenvalue weighted by Gasteiger charge is 2.22. The van der Waals surface area contributed by atoms with E-state index in [4.69, 9.17) is 24.3 Å². The van der Waals surface area contributed by atoms with Gasteiger partial charge in [0.2, 0.25) is 5.91 Å². The van der Waals surface area contributed by atoms with E-state index >= 15 is 0 Å². The van der Waals surface area contributed by atoms with Crippen LogP contribution in [0.4, 0.5) is 0 Å². The van der Waals surface area contributed by atoms with Crippen LogP contribution in [-0.2, 0) is 20.7 Å². The van der Waals surface area contributed by atoms with E-state index in [1.165, 1.54) is 0 Å². The predicted molar refractivity (Wildman–Crippen MR) is 158 cm³/mol. The van der Waals surface area contributed by atoms with Crippen LogP contribution in [0.25, 0.3) is 16.7 Å². The molecule has 1 amide bonds. The number of hydrogen-bond acceptors (Lipinski definition) is 7. The van der Waals surface area contributed by atoms with Crippen molar-refractivity contribution >= 4 is 22.9 Å². The van der Waals surface area contributed by atoms with Crippen LogP contribution in [0.1, 0.15) is 60.8 Å². The summed E-state index contributed by atoms with van der Waals surface area (Å²) in [5, 5.41) is 8.79. The third kappa shape index (κ3) is 6.67. The quantitative estimate of drug-likeness (QED) is 0.229. The smallest absolute Gasteiger partial charge is 0.308 e.